The minimum Gasteiger partial charge on any atom is -0.384 e. The van der Waals surface area contributed by atoms with Crippen LogP contribution in [0.2, 0.25) is 0 Å². The summed E-state index contributed by atoms with van der Waals surface area (Å²) in [6.45, 7) is 0.773. The lowest BCUT2D eigenvalue weighted by molar-refractivity contribution is -0.134. The number of nitrogens with two attached hydrogens (primary N) is 1. The van der Waals surface area contributed by atoms with Crippen molar-refractivity contribution in [3.63, 3.8) is 0 Å². The van der Waals surface area contributed by atoms with Gasteiger partial charge >= 0.3 is 0 Å². The highest BCUT2D eigenvalue weighted by molar-refractivity contribution is 6.01. The normalized spacial score (nSPS) is 14.6. The van der Waals surface area contributed by atoms with E-state index >= 15 is 0 Å². The highest BCUT2D eigenvalue weighted by Gasteiger charge is 2.32. The number of nitrogens with zero attached hydrogens (tertiary/aromatic N) is 1. The maximum atomic E-state index is 13.6. The monoisotopic (exact) mass is 500 g/mol. The van der Waals surface area contributed by atoms with Gasteiger partial charge in [-0.15, -0.1) is 0 Å². The van der Waals surface area contributed by atoms with Gasteiger partial charge in [0, 0.05) is 42.1 Å². The first-order valence-corrected chi connectivity index (χ1v) is 12.2. The Morgan fingerprint density at radius 3 is 2.22 bits per heavy atom. The van der Waals surface area contributed by atoms with Gasteiger partial charge in [-0.1, -0.05) is 42.5 Å². The van der Waals surface area contributed by atoms with Gasteiger partial charge in [0.05, 0.1) is 0 Å². The number of carbonyl (C=O) groups excluding carboxylic acids is 3. The maximum absolute atomic E-state index is 13.6. The van der Waals surface area contributed by atoms with Gasteiger partial charge < -0.3 is 16.0 Å². The number of rotatable bonds is 8. The number of hydrogen-bond acceptors (Lipinski definition) is 4. The molecule has 0 aliphatic carbocycles. The average Bonchev–Trinajstić information content (AvgIpc) is 2.93. The van der Waals surface area contributed by atoms with E-state index in [1.54, 1.807) is 23.1 Å². The van der Waals surface area contributed by atoms with Crippen LogP contribution in [0.4, 0.5) is 4.39 Å². The Bertz CT molecular complexity index is 1290. The van der Waals surface area contributed by atoms with Crippen molar-refractivity contribution in [1.29, 1.82) is 5.41 Å². The molecule has 4 N–H and O–H groups in total. The number of nitrogen functional groups attached to an aromatic ring is 1. The fourth-order valence-corrected chi connectivity index (χ4v) is 4.55. The van der Waals surface area contributed by atoms with E-state index in [1.807, 2.05) is 30.3 Å². The van der Waals surface area contributed by atoms with Crippen LogP contribution < -0.4 is 11.1 Å². The zero-order chi connectivity index (χ0) is 26.4. The molecular weight excluding hydrogens is 471 g/mol. The molecular formula is C29H29FN4O3. The second kappa shape index (κ2) is 11.6. The van der Waals surface area contributed by atoms with E-state index in [-0.39, 0.29) is 23.4 Å². The van der Waals surface area contributed by atoms with Crippen LogP contribution in [-0.4, -0.2) is 47.5 Å². The smallest absolute Gasteiger partial charge is 0.251 e. The van der Waals surface area contributed by atoms with Crippen molar-refractivity contribution in [3.8, 4) is 0 Å². The van der Waals surface area contributed by atoms with E-state index in [4.69, 9.17) is 11.1 Å². The Balaban J connectivity index is 1.46. The summed E-state index contributed by atoms with van der Waals surface area (Å²) in [5.41, 5.74) is 7.66. The molecule has 1 atom stereocenters. The summed E-state index contributed by atoms with van der Waals surface area (Å²) in [7, 11) is 0. The molecule has 7 nitrogen and oxygen atoms in total. The van der Waals surface area contributed by atoms with Crippen LogP contribution in [0.5, 0.6) is 0 Å². The third-order valence-corrected chi connectivity index (χ3v) is 6.63. The fraction of sp³-hybridized carbons (Fsp3) is 0.241. The van der Waals surface area contributed by atoms with Crippen LogP contribution in [-0.2, 0) is 11.2 Å². The third-order valence-electron chi connectivity index (χ3n) is 6.63. The molecule has 0 unspecified atom stereocenters. The molecule has 190 valence electrons. The van der Waals surface area contributed by atoms with Crippen molar-refractivity contribution in [2.75, 3.05) is 13.1 Å². The largest absolute Gasteiger partial charge is 0.384 e. The van der Waals surface area contributed by atoms with E-state index in [1.165, 1.54) is 30.3 Å². The van der Waals surface area contributed by atoms with Crippen molar-refractivity contribution in [1.82, 2.24) is 10.2 Å². The number of piperidine rings is 1. The number of benzene rings is 3. The van der Waals surface area contributed by atoms with Gasteiger partial charge in [-0.05, 0) is 54.8 Å². The van der Waals surface area contributed by atoms with Crippen LogP contribution in [0.25, 0.3) is 0 Å². The summed E-state index contributed by atoms with van der Waals surface area (Å²) in [5, 5.41) is 10.5. The summed E-state index contributed by atoms with van der Waals surface area (Å²) >= 11 is 0. The predicted octanol–water partition coefficient (Wildman–Crippen LogP) is 3.57. The molecule has 2 amide bonds. The van der Waals surface area contributed by atoms with Gasteiger partial charge in [-0.2, -0.15) is 0 Å². The van der Waals surface area contributed by atoms with Crippen LogP contribution in [0, 0.1) is 17.1 Å². The fourth-order valence-electron chi connectivity index (χ4n) is 4.55. The highest BCUT2D eigenvalue weighted by atomic mass is 19.1. The summed E-state index contributed by atoms with van der Waals surface area (Å²) in [5.74, 6) is -1.48. The topological polar surface area (TPSA) is 116 Å². The first-order chi connectivity index (χ1) is 17.8. The SMILES string of the molecule is N=C(N)c1cccc(C(=O)N[C@H](Cc2ccccc2)C(=O)N2CCC(C(=O)c3ccc(F)cc3)CC2)c1. The van der Waals surface area contributed by atoms with Crippen LogP contribution >= 0.6 is 0 Å². The van der Waals surface area contributed by atoms with Gasteiger partial charge in [-0.25, -0.2) is 4.39 Å². The summed E-state index contributed by atoms with van der Waals surface area (Å²) in [4.78, 5) is 41.1. The van der Waals surface area contributed by atoms with Gasteiger partial charge in [0.1, 0.15) is 17.7 Å². The molecule has 3 aromatic carbocycles. The number of likely N-dealkylation sites (tertiary alicyclic amines) is 1. The van der Waals surface area contributed by atoms with Crippen molar-refractivity contribution in [2.45, 2.75) is 25.3 Å². The molecule has 1 aliphatic rings. The molecule has 1 heterocycles. The average molecular weight is 501 g/mol. The summed E-state index contributed by atoms with van der Waals surface area (Å²) in [6.07, 6.45) is 1.30. The molecule has 0 saturated carbocycles. The number of hydrogen-bond donors (Lipinski definition) is 3. The van der Waals surface area contributed by atoms with Crippen LogP contribution in [0.3, 0.4) is 0 Å². The lowest BCUT2D eigenvalue weighted by Crippen LogP contribution is -2.52. The number of carbonyl (C=O) groups is 3. The van der Waals surface area contributed by atoms with Crippen molar-refractivity contribution in [2.24, 2.45) is 11.7 Å². The van der Waals surface area contributed by atoms with Gasteiger partial charge in [0.15, 0.2) is 5.78 Å². The van der Waals surface area contributed by atoms with E-state index < -0.39 is 17.8 Å². The zero-order valence-corrected chi connectivity index (χ0v) is 20.3. The maximum Gasteiger partial charge on any atom is 0.251 e. The molecule has 0 aromatic heterocycles. The van der Waals surface area contributed by atoms with Crippen molar-refractivity contribution < 1.29 is 18.8 Å². The lowest BCUT2D eigenvalue weighted by Gasteiger charge is -2.34. The highest BCUT2D eigenvalue weighted by Crippen LogP contribution is 2.23. The molecule has 1 saturated heterocycles. The van der Waals surface area contributed by atoms with E-state index in [2.05, 4.69) is 5.32 Å². The van der Waals surface area contributed by atoms with Gasteiger partial charge in [0.2, 0.25) is 5.91 Å². The lowest BCUT2D eigenvalue weighted by atomic mass is 9.88. The number of amidine groups is 1. The zero-order valence-electron chi connectivity index (χ0n) is 20.3. The van der Waals surface area contributed by atoms with E-state index in [0.717, 1.165) is 5.56 Å². The standard InChI is InChI=1S/C29H29FN4O3/c30-24-11-9-20(10-12-24)26(35)21-13-15-34(16-14-21)29(37)25(17-19-5-2-1-3-6-19)33-28(36)23-8-4-7-22(18-23)27(31)32/h1-12,18,21,25H,13-17H2,(H3,31,32)(H,33,36)/t25-/m1/s1. The minimum absolute atomic E-state index is 0.0495. The number of nitrogens with one attached hydrogen (secondary N) is 2. The first-order valence-electron chi connectivity index (χ1n) is 12.2. The van der Waals surface area contributed by atoms with Crippen molar-refractivity contribution in [3.05, 3.63) is 107 Å². The Labute approximate surface area is 215 Å². The molecule has 4 rings (SSSR count). The molecule has 1 aliphatic heterocycles. The molecule has 0 spiro atoms. The number of ketones is 1. The molecule has 1 fully saturated rings. The second-order valence-corrected chi connectivity index (χ2v) is 9.18. The Kier molecular flexibility index (Phi) is 8.08. The Morgan fingerprint density at radius 2 is 1.57 bits per heavy atom. The van der Waals surface area contributed by atoms with E-state index in [0.29, 0.717) is 49.0 Å². The number of Topliss-reactive ketones (excluding diaryl/α,β-unsaturated/α-hetero) is 1. The minimum atomic E-state index is -0.805. The Hall–Kier alpha value is -4.33. The van der Waals surface area contributed by atoms with Crippen LogP contribution in [0.1, 0.15) is 44.7 Å². The summed E-state index contributed by atoms with van der Waals surface area (Å²) < 4.78 is 13.2. The number of halogens is 1. The van der Waals surface area contributed by atoms with Crippen LogP contribution in [0.15, 0.2) is 78.9 Å². The van der Waals surface area contributed by atoms with Gasteiger partial charge in [0.25, 0.3) is 5.91 Å². The molecule has 37 heavy (non-hydrogen) atoms. The first kappa shape index (κ1) is 25.8. The van der Waals surface area contributed by atoms with E-state index in [9.17, 15) is 18.8 Å². The second-order valence-electron chi connectivity index (χ2n) is 9.18. The molecule has 0 bridgehead atoms. The third kappa shape index (κ3) is 6.46. The molecule has 0 radical (unpaired) electrons. The number of amides is 2. The quantitative estimate of drug-likeness (QED) is 0.249. The molecule has 3 aromatic rings. The molecule has 8 heteroatoms. The summed E-state index contributed by atoms with van der Waals surface area (Å²) in [6, 6.07) is 20.6. The predicted molar refractivity (Wildman–Crippen MR) is 139 cm³/mol. The Morgan fingerprint density at radius 1 is 0.919 bits per heavy atom. The van der Waals surface area contributed by atoms with Crippen molar-refractivity contribution >= 4 is 23.4 Å². The van der Waals surface area contributed by atoms with Gasteiger partial charge in [-0.3, -0.25) is 19.8 Å².